The van der Waals surface area contributed by atoms with Crippen molar-refractivity contribution in [2.45, 2.75) is 19.1 Å². The molecule has 0 saturated heterocycles. The topological polar surface area (TPSA) is 107 Å². The van der Waals surface area contributed by atoms with E-state index in [4.69, 9.17) is 5.26 Å². The zero-order chi connectivity index (χ0) is 23.5. The molecule has 2 aromatic carbocycles. The number of imidazole rings is 1. The van der Waals surface area contributed by atoms with Crippen LogP contribution in [0.2, 0.25) is 0 Å². The van der Waals surface area contributed by atoms with Gasteiger partial charge in [0.25, 0.3) is 5.91 Å². The number of β-amino-alcohol motifs (C(OH)–C–C–N with tert-alkyl or cyclic N) is 1. The SMILES string of the molecule is N#Cc1ccc(-c2cn3cc(C(=O)NC[C@H](O)CN4CCc5ccccc5C4)nc3cn2)cc1. The molecular weight excluding hydrogens is 428 g/mol. The Morgan fingerprint density at radius 2 is 1.94 bits per heavy atom. The molecule has 0 spiro atoms. The van der Waals surface area contributed by atoms with E-state index in [0.717, 1.165) is 25.1 Å². The third-order valence-corrected chi connectivity index (χ3v) is 6.06. The summed E-state index contributed by atoms with van der Waals surface area (Å²) in [7, 11) is 0. The molecule has 5 rings (SSSR count). The molecule has 2 aromatic heterocycles. The molecule has 3 heterocycles. The highest BCUT2D eigenvalue weighted by Gasteiger charge is 2.19. The number of aliphatic hydroxyl groups is 1. The summed E-state index contributed by atoms with van der Waals surface area (Å²) >= 11 is 0. The second-order valence-corrected chi connectivity index (χ2v) is 8.47. The van der Waals surface area contributed by atoms with E-state index in [1.807, 2.05) is 18.2 Å². The number of nitrogens with zero attached hydrogens (tertiary/aromatic N) is 5. The number of rotatable bonds is 6. The van der Waals surface area contributed by atoms with Gasteiger partial charge in [-0.1, -0.05) is 36.4 Å². The van der Waals surface area contributed by atoms with Gasteiger partial charge in [-0.3, -0.25) is 14.7 Å². The van der Waals surface area contributed by atoms with Gasteiger partial charge in [0, 0.05) is 44.1 Å². The molecule has 1 aliphatic rings. The number of aliphatic hydroxyl groups excluding tert-OH is 1. The maximum Gasteiger partial charge on any atom is 0.271 e. The monoisotopic (exact) mass is 452 g/mol. The van der Waals surface area contributed by atoms with Crippen LogP contribution in [0.4, 0.5) is 0 Å². The number of amides is 1. The fraction of sp³-hybridized carbons (Fsp3) is 0.231. The molecule has 8 heteroatoms. The van der Waals surface area contributed by atoms with E-state index >= 15 is 0 Å². The van der Waals surface area contributed by atoms with E-state index in [2.05, 4.69) is 44.5 Å². The fourth-order valence-electron chi connectivity index (χ4n) is 4.25. The summed E-state index contributed by atoms with van der Waals surface area (Å²) in [6.45, 7) is 2.35. The smallest absolute Gasteiger partial charge is 0.271 e. The molecular formula is C26H24N6O2. The number of hydrogen-bond donors (Lipinski definition) is 2. The molecule has 1 atom stereocenters. The predicted molar refractivity (Wildman–Crippen MR) is 127 cm³/mol. The van der Waals surface area contributed by atoms with Gasteiger partial charge in [0.05, 0.1) is 29.6 Å². The van der Waals surface area contributed by atoms with Crippen molar-refractivity contribution in [3.8, 4) is 17.3 Å². The summed E-state index contributed by atoms with van der Waals surface area (Å²) in [6, 6.07) is 17.6. The molecule has 170 valence electrons. The number of hydrogen-bond acceptors (Lipinski definition) is 6. The van der Waals surface area contributed by atoms with Crippen LogP contribution in [-0.2, 0) is 13.0 Å². The largest absolute Gasteiger partial charge is 0.390 e. The van der Waals surface area contributed by atoms with E-state index in [-0.39, 0.29) is 18.1 Å². The average molecular weight is 453 g/mol. The summed E-state index contributed by atoms with van der Waals surface area (Å²) in [4.78, 5) is 23.6. The van der Waals surface area contributed by atoms with Gasteiger partial charge in [0.1, 0.15) is 5.69 Å². The maximum atomic E-state index is 12.6. The van der Waals surface area contributed by atoms with Crippen molar-refractivity contribution in [1.82, 2.24) is 24.6 Å². The van der Waals surface area contributed by atoms with Crippen LogP contribution in [0.3, 0.4) is 0 Å². The number of carbonyl (C=O) groups excluding carboxylic acids is 1. The number of nitriles is 1. The van der Waals surface area contributed by atoms with Crippen LogP contribution >= 0.6 is 0 Å². The summed E-state index contributed by atoms with van der Waals surface area (Å²) < 4.78 is 1.75. The van der Waals surface area contributed by atoms with E-state index in [9.17, 15) is 9.90 Å². The second-order valence-electron chi connectivity index (χ2n) is 8.47. The Morgan fingerprint density at radius 1 is 1.15 bits per heavy atom. The Labute approximate surface area is 197 Å². The Morgan fingerprint density at radius 3 is 2.74 bits per heavy atom. The first-order valence-electron chi connectivity index (χ1n) is 11.2. The number of nitrogens with one attached hydrogen (secondary N) is 1. The Bertz CT molecular complexity index is 1370. The van der Waals surface area contributed by atoms with E-state index < -0.39 is 6.10 Å². The average Bonchev–Trinajstić information content (AvgIpc) is 3.31. The summed E-state index contributed by atoms with van der Waals surface area (Å²) in [5.41, 5.74) is 5.63. The zero-order valence-corrected chi connectivity index (χ0v) is 18.6. The lowest BCUT2D eigenvalue weighted by Gasteiger charge is -2.30. The van der Waals surface area contributed by atoms with Crippen LogP contribution < -0.4 is 5.32 Å². The van der Waals surface area contributed by atoms with Gasteiger partial charge in [-0.25, -0.2) is 4.98 Å². The lowest BCUT2D eigenvalue weighted by Crippen LogP contribution is -2.42. The van der Waals surface area contributed by atoms with Crippen molar-refractivity contribution in [1.29, 1.82) is 5.26 Å². The van der Waals surface area contributed by atoms with Crippen LogP contribution in [0.5, 0.6) is 0 Å². The van der Waals surface area contributed by atoms with Gasteiger partial charge in [-0.05, 0) is 29.7 Å². The molecule has 0 bridgehead atoms. The van der Waals surface area contributed by atoms with Gasteiger partial charge in [0.15, 0.2) is 5.65 Å². The second kappa shape index (κ2) is 9.43. The quantitative estimate of drug-likeness (QED) is 0.465. The maximum absolute atomic E-state index is 12.6. The van der Waals surface area contributed by atoms with E-state index in [1.165, 1.54) is 11.1 Å². The lowest BCUT2D eigenvalue weighted by atomic mass is 10.00. The molecule has 2 N–H and O–H groups in total. The van der Waals surface area contributed by atoms with Gasteiger partial charge < -0.3 is 14.8 Å². The number of carbonyl (C=O) groups is 1. The highest BCUT2D eigenvalue weighted by atomic mass is 16.3. The van der Waals surface area contributed by atoms with Crippen molar-refractivity contribution >= 4 is 11.6 Å². The summed E-state index contributed by atoms with van der Waals surface area (Å²) in [5.74, 6) is -0.341. The molecule has 34 heavy (non-hydrogen) atoms. The Balaban J connectivity index is 1.19. The summed E-state index contributed by atoms with van der Waals surface area (Å²) in [5, 5.41) is 22.2. The molecule has 8 nitrogen and oxygen atoms in total. The number of fused-ring (bicyclic) bond motifs is 2. The molecule has 4 aromatic rings. The van der Waals surface area contributed by atoms with Gasteiger partial charge in [-0.15, -0.1) is 0 Å². The lowest BCUT2D eigenvalue weighted by molar-refractivity contribution is 0.0838. The third kappa shape index (κ3) is 4.66. The Hall–Kier alpha value is -4.06. The molecule has 1 aliphatic heterocycles. The molecule has 0 fully saturated rings. The van der Waals surface area contributed by atoms with Gasteiger partial charge in [0.2, 0.25) is 0 Å². The molecule has 0 radical (unpaired) electrons. The summed E-state index contributed by atoms with van der Waals surface area (Å²) in [6.07, 6.45) is 5.34. The van der Waals surface area contributed by atoms with Crippen molar-refractivity contribution in [3.05, 3.63) is 89.5 Å². The fourth-order valence-corrected chi connectivity index (χ4v) is 4.25. The van der Waals surface area contributed by atoms with E-state index in [0.29, 0.717) is 23.4 Å². The van der Waals surface area contributed by atoms with Crippen LogP contribution in [0.15, 0.2) is 67.1 Å². The normalized spacial score (nSPS) is 14.4. The molecule has 0 aliphatic carbocycles. The van der Waals surface area contributed by atoms with Crippen molar-refractivity contribution < 1.29 is 9.90 Å². The van der Waals surface area contributed by atoms with Crippen molar-refractivity contribution in [3.63, 3.8) is 0 Å². The minimum absolute atomic E-state index is 0.152. The Kier molecular flexibility index (Phi) is 6.04. The van der Waals surface area contributed by atoms with E-state index in [1.54, 1.807) is 35.1 Å². The number of benzene rings is 2. The van der Waals surface area contributed by atoms with Crippen molar-refractivity contribution in [2.75, 3.05) is 19.6 Å². The standard InChI is InChI=1S/C26H24N6O2/c27-11-18-5-7-20(8-6-18)23-16-32-17-24(30-25(32)13-28-23)26(34)29-12-22(33)15-31-10-9-19-3-1-2-4-21(19)14-31/h1-8,13,16-17,22,33H,9-10,12,14-15H2,(H,29,34)/t22-/m0/s1. The minimum Gasteiger partial charge on any atom is -0.390 e. The highest BCUT2D eigenvalue weighted by molar-refractivity contribution is 5.92. The molecule has 1 amide bonds. The minimum atomic E-state index is -0.670. The van der Waals surface area contributed by atoms with Crippen LogP contribution in [-0.4, -0.2) is 56.0 Å². The van der Waals surface area contributed by atoms with Crippen LogP contribution in [0, 0.1) is 11.3 Å². The van der Waals surface area contributed by atoms with Crippen LogP contribution in [0.1, 0.15) is 27.2 Å². The predicted octanol–water partition coefficient (Wildman–Crippen LogP) is 2.42. The van der Waals surface area contributed by atoms with Gasteiger partial charge >= 0.3 is 0 Å². The first-order chi connectivity index (χ1) is 16.6. The first kappa shape index (κ1) is 21.8. The highest BCUT2D eigenvalue weighted by Crippen LogP contribution is 2.19. The zero-order valence-electron chi connectivity index (χ0n) is 18.6. The van der Waals surface area contributed by atoms with Crippen LogP contribution in [0.25, 0.3) is 16.9 Å². The molecule has 0 saturated carbocycles. The van der Waals surface area contributed by atoms with Crippen molar-refractivity contribution in [2.24, 2.45) is 0 Å². The first-order valence-corrected chi connectivity index (χ1v) is 11.2. The van der Waals surface area contributed by atoms with Gasteiger partial charge in [-0.2, -0.15) is 5.26 Å². The molecule has 0 unspecified atom stereocenters. The third-order valence-electron chi connectivity index (χ3n) is 6.06. The number of aromatic nitrogens is 3.